The van der Waals surface area contributed by atoms with Gasteiger partial charge in [-0.15, -0.1) is 0 Å². The van der Waals surface area contributed by atoms with Gasteiger partial charge in [-0.05, 0) is 59.3 Å². The van der Waals surface area contributed by atoms with Gasteiger partial charge in [-0.25, -0.2) is 4.79 Å². The fourth-order valence-corrected chi connectivity index (χ4v) is 3.53. The molecule has 0 bridgehead atoms. The molecule has 1 heterocycles. The van der Waals surface area contributed by atoms with Crippen LogP contribution in [0.4, 0.5) is 0 Å². The number of nitrogens with one attached hydrogen (secondary N) is 1. The van der Waals surface area contributed by atoms with Gasteiger partial charge in [-0.1, -0.05) is 0 Å². The predicted molar refractivity (Wildman–Crippen MR) is 79.7 cm³/mol. The number of ether oxygens (including phenoxy) is 1. The van der Waals surface area contributed by atoms with Gasteiger partial charge in [0.05, 0.1) is 7.11 Å². The van der Waals surface area contributed by atoms with E-state index in [1.807, 2.05) is 7.05 Å². The highest BCUT2D eigenvalue weighted by Gasteiger charge is 2.52. The lowest BCUT2D eigenvalue weighted by Gasteiger charge is -2.41. The molecule has 2 fully saturated rings. The number of carbonyl (C=O) groups is 1. The van der Waals surface area contributed by atoms with Gasteiger partial charge < -0.3 is 15.0 Å². The molecule has 2 rings (SSSR count). The normalized spacial score (nSPS) is 27.4. The topological polar surface area (TPSA) is 44.8 Å². The molecule has 2 unspecified atom stereocenters. The van der Waals surface area contributed by atoms with Crippen LogP contribution < -0.4 is 5.32 Å². The first-order chi connectivity index (χ1) is 9.53. The molecule has 0 amide bonds. The second kappa shape index (κ2) is 6.41. The minimum Gasteiger partial charge on any atom is -0.468 e. The molecule has 1 saturated carbocycles. The van der Waals surface area contributed by atoms with Crippen LogP contribution in [0.15, 0.2) is 0 Å². The zero-order chi connectivity index (χ0) is 14.8. The van der Waals surface area contributed by atoms with Crippen molar-refractivity contribution >= 4 is 5.97 Å². The molecule has 1 saturated heterocycles. The number of hydrogen-bond donors (Lipinski definition) is 1. The quantitative estimate of drug-likeness (QED) is 0.722. The van der Waals surface area contributed by atoms with Crippen molar-refractivity contribution < 1.29 is 9.53 Å². The number of likely N-dealkylation sites (N-methyl/N-ethyl adjacent to an activating group) is 3. The summed E-state index contributed by atoms with van der Waals surface area (Å²) in [5.41, 5.74) is -0.528. The summed E-state index contributed by atoms with van der Waals surface area (Å²) in [5.74, 6) is 0.308. The second-order valence-corrected chi connectivity index (χ2v) is 6.46. The molecule has 2 aliphatic rings. The average Bonchev–Trinajstić information content (AvgIpc) is 3.28. The SMILES string of the molecule is CNC(CN(C)C1CCCN(C)C1)(C(=O)OC)C1CC1. The van der Waals surface area contributed by atoms with E-state index in [1.165, 1.54) is 26.5 Å². The summed E-state index contributed by atoms with van der Waals surface area (Å²) in [6.07, 6.45) is 4.69. The molecule has 2 atom stereocenters. The molecular weight excluding hydrogens is 254 g/mol. The van der Waals surface area contributed by atoms with Crippen LogP contribution in [-0.4, -0.2) is 75.2 Å². The molecule has 0 spiro atoms. The van der Waals surface area contributed by atoms with Crippen LogP contribution in [0, 0.1) is 5.92 Å². The van der Waals surface area contributed by atoms with E-state index in [2.05, 4.69) is 29.2 Å². The van der Waals surface area contributed by atoms with E-state index in [-0.39, 0.29) is 5.97 Å². The smallest absolute Gasteiger partial charge is 0.327 e. The monoisotopic (exact) mass is 283 g/mol. The molecule has 20 heavy (non-hydrogen) atoms. The number of carbonyl (C=O) groups excluding carboxylic acids is 1. The van der Waals surface area contributed by atoms with E-state index in [1.54, 1.807) is 0 Å². The highest BCUT2D eigenvalue weighted by molar-refractivity contribution is 5.82. The number of likely N-dealkylation sites (tertiary alicyclic amines) is 1. The lowest BCUT2D eigenvalue weighted by molar-refractivity contribution is -0.150. The molecule has 116 valence electrons. The van der Waals surface area contributed by atoms with Crippen LogP contribution in [-0.2, 0) is 9.53 Å². The Labute approximate surface area is 122 Å². The maximum absolute atomic E-state index is 12.3. The summed E-state index contributed by atoms with van der Waals surface area (Å²) in [5, 5.41) is 3.28. The maximum Gasteiger partial charge on any atom is 0.327 e. The Hall–Kier alpha value is -0.650. The van der Waals surface area contributed by atoms with Gasteiger partial charge in [0.25, 0.3) is 0 Å². The fourth-order valence-electron chi connectivity index (χ4n) is 3.53. The lowest BCUT2D eigenvalue weighted by atomic mass is 9.91. The Kier molecular flexibility index (Phi) is 5.04. The van der Waals surface area contributed by atoms with Crippen molar-refractivity contribution in [3.8, 4) is 0 Å². The van der Waals surface area contributed by atoms with Crippen molar-refractivity contribution in [1.29, 1.82) is 0 Å². The first-order valence-electron chi connectivity index (χ1n) is 7.69. The summed E-state index contributed by atoms with van der Waals surface area (Å²) in [7, 11) is 7.69. The van der Waals surface area contributed by atoms with Crippen LogP contribution in [0.1, 0.15) is 25.7 Å². The number of methoxy groups -OCH3 is 1. The van der Waals surface area contributed by atoms with E-state index in [0.29, 0.717) is 12.0 Å². The minimum absolute atomic E-state index is 0.112. The Morgan fingerprint density at radius 3 is 2.65 bits per heavy atom. The van der Waals surface area contributed by atoms with Crippen LogP contribution in [0.3, 0.4) is 0 Å². The molecule has 1 N–H and O–H groups in total. The van der Waals surface area contributed by atoms with Crippen LogP contribution in [0.5, 0.6) is 0 Å². The summed E-state index contributed by atoms with van der Waals surface area (Å²) in [4.78, 5) is 17.0. The number of rotatable bonds is 6. The Morgan fingerprint density at radius 1 is 1.45 bits per heavy atom. The molecule has 5 heteroatoms. The molecule has 5 nitrogen and oxygen atoms in total. The standard InChI is InChI=1S/C15H29N3O2/c1-16-15(12-7-8-12,14(19)20-4)11-18(3)13-6-5-9-17(2)10-13/h12-13,16H,5-11H2,1-4H3. The van der Waals surface area contributed by atoms with Crippen molar-refractivity contribution in [3.05, 3.63) is 0 Å². The fraction of sp³-hybridized carbons (Fsp3) is 0.933. The van der Waals surface area contributed by atoms with Crippen molar-refractivity contribution in [2.75, 3.05) is 47.9 Å². The average molecular weight is 283 g/mol. The Balaban J connectivity index is 2.05. The zero-order valence-corrected chi connectivity index (χ0v) is 13.3. The Morgan fingerprint density at radius 2 is 2.15 bits per heavy atom. The third-order valence-electron chi connectivity index (χ3n) is 4.99. The van der Waals surface area contributed by atoms with Gasteiger partial charge >= 0.3 is 5.97 Å². The number of piperidine rings is 1. The third kappa shape index (κ3) is 3.15. The summed E-state index contributed by atoms with van der Waals surface area (Å²) < 4.78 is 5.08. The predicted octanol–water partition coefficient (Wildman–Crippen LogP) is 0.554. The number of esters is 1. The highest BCUT2D eigenvalue weighted by Crippen LogP contribution is 2.41. The van der Waals surface area contributed by atoms with E-state index in [4.69, 9.17) is 4.74 Å². The van der Waals surface area contributed by atoms with Crippen LogP contribution in [0.25, 0.3) is 0 Å². The van der Waals surface area contributed by atoms with Crippen molar-refractivity contribution in [2.24, 2.45) is 5.92 Å². The second-order valence-electron chi connectivity index (χ2n) is 6.46. The molecule has 0 aromatic heterocycles. The van der Waals surface area contributed by atoms with Gasteiger partial charge in [-0.3, -0.25) is 4.90 Å². The largest absolute Gasteiger partial charge is 0.468 e. The molecule has 0 aromatic rings. The summed E-state index contributed by atoms with van der Waals surface area (Å²) in [6, 6.07) is 0.532. The van der Waals surface area contributed by atoms with Crippen LogP contribution >= 0.6 is 0 Å². The van der Waals surface area contributed by atoms with E-state index >= 15 is 0 Å². The van der Waals surface area contributed by atoms with Crippen LogP contribution in [0.2, 0.25) is 0 Å². The number of nitrogens with zero attached hydrogens (tertiary/aromatic N) is 2. The van der Waals surface area contributed by atoms with E-state index in [9.17, 15) is 4.79 Å². The van der Waals surface area contributed by atoms with Gasteiger partial charge in [0.15, 0.2) is 0 Å². The lowest BCUT2D eigenvalue weighted by Crippen LogP contribution is -2.61. The number of hydrogen-bond acceptors (Lipinski definition) is 5. The molecule has 0 radical (unpaired) electrons. The van der Waals surface area contributed by atoms with Gasteiger partial charge in [-0.2, -0.15) is 0 Å². The molecule has 1 aliphatic carbocycles. The summed E-state index contributed by atoms with van der Waals surface area (Å²) in [6.45, 7) is 3.00. The zero-order valence-electron chi connectivity index (χ0n) is 13.3. The van der Waals surface area contributed by atoms with E-state index < -0.39 is 5.54 Å². The maximum atomic E-state index is 12.3. The third-order valence-corrected chi connectivity index (χ3v) is 4.99. The van der Waals surface area contributed by atoms with E-state index in [0.717, 1.165) is 25.9 Å². The minimum atomic E-state index is -0.528. The van der Waals surface area contributed by atoms with Crippen molar-refractivity contribution in [1.82, 2.24) is 15.1 Å². The highest BCUT2D eigenvalue weighted by atomic mass is 16.5. The Bertz CT molecular complexity index is 346. The van der Waals surface area contributed by atoms with Gasteiger partial charge in [0.2, 0.25) is 0 Å². The first kappa shape index (κ1) is 15.7. The van der Waals surface area contributed by atoms with Crippen molar-refractivity contribution in [2.45, 2.75) is 37.3 Å². The first-order valence-corrected chi connectivity index (χ1v) is 7.69. The molecular formula is C15H29N3O2. The summed E-state index contributed by atoms with van der Waals surface area (Å²) >= 11 is 0. The van der Waals surface area contributed by atoms with Gasteiger partial charge in [0.1, 0.15) is 5.54 Å². The molecule has 0 aromatic carbocycles. The van der Waals surface area contributed by atoms with Crippen molar-refractivity contribution in [3.63, 3.8) is 0 Å². The van der Waals surface area contributed by atoms with Gasteiger partial charge in [0, 0.05) is 19.1 Å². The molecule has 1 aliphatic heterocycles.